The molecule has 1 rings (SSSR count). The van der Waals surface area contributed by atoms with E-state index in [0.29, 0.717) is 6.42 Å². The van der Waals surface area contributed by atoms with Crippen LogP contribution in [0.15, 0.2) is 0 Å². The number of sulfonamides is 1. The van der Waals surface area contributed by atoms with Crippen LogP contribution in [-0.4, -0.2) is 20.1 Å². The third-order valence-corrected chi connectivity index (χ3v) is 2.89. The minimum Gasteiger partial charge on any atom is -0.274 e. The molecule has 1 fully saturated rings. The van der Waals surface area contributed by atoms with Crippen LogP contribution in [0.5, 0.6) is 0 Å². The van der Waals surface area contributed by atoms with Crippen molar-refractivity contribution >= 4 is 15.9 Å². The highest BCUT2D eigenvalue weighted by molar-refractivity contribution is 7.90. The van der Waals surface area contributed by atoms with Crippen molar-refractivity contribution in [3.05, 3.63) is 0 Å². The van der Waals surface area contributed by atoms with Crippen molar-refractivity contribution in [1.82, 2.24) is 4.72 Å². The molecule has 1 aliphatic heterocycles. The predicted octanol–water partition coefficient (Wildman–Crippen LogP) is -0.528. The maximum atomic E-state index is 10.7. The van der Waals surface area contributed by atoms with Gasteiger partial charge in [-0.2, -0.15) is 0 Å². The van der Waals surface area contributed by atoms with Crippen LogP contribution in [-0.2, 0) is 14.8 Å². The second-order valence-electron chi connectivity index (χ2n) is 2.35. The molecule has 5 heteroatoms. The van der Waals surface area contributed by atoms with Gasteiger partial charge in [-0.05, 0) is 6.42 Å². The van der Waals surface area contributed by atoms with Gasteiger partial charge in [0.15, 0.2) is 0 Å². The third-order valence-electron chi connectivity index (χ3n) is 1.54. The van der Waals surface area contributed by atoms with E-state index in [0.717, 1.165) is 0 Å². The molecular weight excluding hydrogens is 154 g/mol. The Balaban J connectivity index is 2.80. The number of nitrogens with one attached hydrogen (secondary N) is 1. The summed E-state index contributed by atoms with van der Waals surface area (Å²) in [6.07, 6.45) is 0.588. The topological polar surface area (TPSA) is 63.2 Å². The maximum absolute atomic E-state index is 10.7. The second-order valence-corrected chi connectivity index (χ2v) is 4.12. The minimum absolute atomic E-state index is 0.0394. The molecule has 0 bridgehead atoms. The second kappa shape index (κ2) is 2.23. The highest BCUT2D eigenvalue weighted by Crippen LogP contribution is 2.12. The Morgan fingerprint density at radius 3 is 2.50 bits per heavy atom. The molecule has 1 N–H and O–H groups in total. The van der Waals surface area contributed by atoms with Crippen molar-refractivity contribution in [2.24, 2.45) is 5.92 Å². The Morgan fingerprint density at radius 2 is 2.30 bits per heavy atom. The van der Waals surface area contributed by atoms with E-state index in [9.17, 15) is 13.2 Å². The summed E-state index contributed by atoms with van der Waals surface area (Å²) in [5.74, 6) is -0.727. The zero-order valence-corrected chi connectivity index (χ0v) is 6.44. The Labute approximate surface area is 59.7 Å². The molecule has 0 aliphatic carbocycles. The summed E-state index contributed by atoms with van der Waals surface area (Å²) < 4.78 is 23.3. The van der Waals surface area contributed by atoms with Crippen LogP contribution in [0.25, 0.3) is 0 Å². The van der Waals surface area contributed by atoms with Gasteiger partial charge in [0, 0.05) is 0 Å². The number of amides is 1. The van der Waals surface area contributed by atoms with Gasteiger partial charge >= 0.3 is 0 Å². The van der Waals surface area contributed by atoms with Crippen LogP contribution in [0.2, 0.25) is 0 Å². The Morgan fingerprint density at radius 1 is 1.70 bits per heavy atom. The van der Waals surface area contributed by atoms with Gasteiger partial charge < -0.3 is 0 Å². The first-order valence-corrected chi connectivity index (χ1v) is 4.74. The van der Waals surface area contributed by atoms with E-state index in [1.54, 1.807) is 6.92 Å². The number of carbonyl (C=O) groups is 1. The van der Waals surface area contributed by atoms with E-state index in [-0.39, 0.29) is 17.6 Å². The molecule has 1 atom stereocenters. The molecule has 1 unspecified atom stereocenters. The first-order valence-electron chi connectivity index (χ1n) is 3.09. The van der Waals surface area contributed by atoms with Gasteiger partial charge in [0.1, 0.15) is 0 Å². The molecule has 1 heterocycles. The predicted molar refractivity (Wildman–Crippen MR) is 35.7 cm³/mol. The molecule has 58 valence electrons. The molecule has 0 radical (unpaired) electrons. The molecule has 0 saturated carbocycles. The van der Waals surface area contributed by atoms with Crippen molar-refractivity contribution in [2.75, 3.05) is 5.75 Å². The normalized spacial score (nSPS) is 30.1. The first kappa shape index (κ1) is 7.53. The third kappa shape index (κ3) is 1.29. The number of hydrogen-bond acceptors (Lipinski definition) is 3. The van der Waals surface area contributed by atoms with E-state index in [1.807, 2.05) is 4.72 Å². The fraction of sp³-hybridized carbons (Fsp3) is 0.800. The fourth-order valence-electron chi connectivity index (χ4n) is 0.922. The van der Waals surface area contributed by atoms with Crippen molar-refractivity contribution in [2.45, 2.75) is 13.3 Å². The van der Waals surface area contributed by atoms with E-state index in [1.165, 1.54) is 0 Å². The van der Waals surface area contributed by atoms with Crippen LogP contribution in [0.1, 0.15) is 13.3 Å². The summed E-state index contributed by atoms with van der Waals surface area (Å²) in [5, 5.41) is 0. The standard InChI is InChI=1S/C5H9NO3S/c1-2-4-3-10(8,9)6-5(4)7/h4H,2-3H2,1H3,(H,6,7). The minimum atomic E-state index is -3.26. The summed E-state index contributed by atoms with van der Waals surface area (Å²) in [6, 6.07) is 0. The quantitative estimate of drug-likeness (QED) is 0.565. The lowest BCUT2D eigenvalue weighted by molar-refractivity contribution is -0.121. The fourth-order valence-corrected chi connectivity index (χ4v) is 2.40. The van der Waals surface area contributed by atoms with E-state index >= 15 is 0 Å². The summed E-state index contributed by atoms with van der Waals surface area (Å²) in [4.78, 5) is 10.7. The zero-order chi connectivity index (χ0) is 7.78. The Hall–Kier alpha value is -0.580. The van der Waals surface area contributed by atoms with E-state index < -0.39 is 10.0 Å². The Kier molecular flexibility index (Phi) is 1.68. The molecule has 4 nitrogen and oxygen atoms in total. The lowest BCUT2D eigenvalue weighted by Crippen LogP contribution is -2.21. The van der Waals surface area contributed by atoms with Crippen LogP contribution in [0.3, 0.4) is 0 Å². The van der Waals surface area contributed by atoms with E-state index in [4.69, 9.17) is 0 Å². The Bertz CT molecular complexity index is 244. The van der Waals surface area contributed by atoms with Crippen molar-refractivity contribution in [3.8, 4) is 0 Å². The van der Waals surface area contributed by atoms with Crippen molar-refractivity contribution in [1.29, 1.82) is 0 Å². The molecule has 0 spiro atoms. The van der Waals surface area contributed by atoms with Gasteiger partial charge in [0.05, 0.1) is 11.7 Å². The molecular formula is C5H9NO3S. The first-order chi connectivity index (χ1) is 4.55. The van der Waals surface area contributed by atoms with Crippen LogP contribution in [0.4, 0.5) is 0 Å². The average molecular weight is 163 g/mol. The smallest absolute Gasteiger partial charge is 0.237 e. The largest absolute Gasteiger partial charge is 0.274 e. The molecule has 0 aromatic heterocycles. The monoisotopic (exact) mass is 163 g/mol. The SMILES string of the molecule is CCC1CS(=O)(=O)NC1=O. The van der Waals surface area contributed by atoms with Crippen LogP contribution >= 0.6 is 0 Å². The number of rotatable bonds is 1. The average Bonchev–Trinajstić information content (AvgIpc) is 2.05. The van der Waals surface area contributed by atoms with Gasteiger partial charge in [0.2, 0.25) is 15.9 Å². The van der Waals surface area contributed by atoms with E-state index in [2.05, 4.69) is 0 Å². The molecule has 1 aliphatic rings. The lowest BCUT2D eigenvalue weighted by Gasteiger charge is -1.95. The molecule has 0 aromatic carbocycles. The van der Waals surface area contributed by atoms with Crippen molar-refractivity contribution < 1.29 is 13.2 Å². The number of carbonyl (C=O) groups excluding carboxylic acids is 1. The summed E-state index contributed by atoms with van der Waals surface area (Å²) >= 11 is 0. The summed E-state index contributed by atoms with van der Waals surface area (Å²) in [6.45, 7) is 1.80. The van der Waals surface area contributed by atoms with Gasteiger partial charge in [0.25, 0.3) is 0 Å². The van der Waals surface area contributed by atoms with Crippen LogP contribution in [0, 0.1) is 5.92 Å². The van der Waals surface area contributed by atoms with Crippen LogP contribution < -0.4 is 4.72 Å². The highest BCUT2D eigenvalue weighted by Gasteiger charge is 2.33. The maximum Gasteiger partial charge on any atom is 0.237 e. The van der Waals surface area contributed by atoms with Gasteiger partial charge in [-0.3, -0.25) is 9.52 Å². The number of hydrogen-bond donors (Lipinski definition) is 1. The summed E-state index contributed by atoms with van der Waals surface area (Å²) in [5.41, 5.74) is 0. The summed E-state index contributed by atoms with van der Waals surface area (Å²) in [7, 11) is -3.26. The molecule has 1 saturated heterocycles. The molecule has 1 amide bonds. The lowest BCUT2D eigenvalue weighted by atomic mass is 10.1. The van der Waals surface area contributed by atoms with Gasteiger partial charge in [-0.15, -0.1) is 0 Å². The van der Waals surface area contributed by atoms with Gasteiger partial charge in [-0.1, -0.05) is 6.92 Å². The van der Waals surface area contributed by atoms with Crippen molar-refractivity contribution in [3.63, 3.8) is 0 Å². The highest BCUT2D eigenvalue weighted by atomic mass is 32.2. The molecule has 0 aromatic rings. The van der Waals surface area contributed by atoms with Gasteiger partial charge in [-0.25, -0.2) is 8.42 Å². The molecule has 10 heavy (non-hydrogen) atoms. The zero-order valence-electron chi connectivity index (χ0n) is 5.62.